The SMILES string of the molecule is Cc1ccc(CCC2(Cn3ccnc3)OCC(CSCc3ccc(-c4ccc(C(F)(F)F)cc4)cc3)O2)cc1. The number of hydrogen-bond donors (Lipinski definition) is 0. The van der Waals surface area contributed by atoms with Gasteiger partial charge in [0.2, 0.25) is 0 Å². The summed E-state index contributed by atoms with van der Waals surface area (Å²) in [4.78, 5) is 4.17. The Kier molecular flexibility index (Phi) is 8.45. The van der Waals surface area contributed by atoms with Crippen molar-refractivity contribution < 1.29 is 22.6 Å². The first-order chi connectivity index (χ1) is 18.8. The highest BCUT2D eigenvalue weighted by Crippen LogP contribution is 2.33. The molecule has 1 fully saturated rings. The van der Waals surface area contributed by atoms with E-state index in [1.54, 1.807) is 24.3 Å². The largest absolute Gasteiger partial charge is 0.416 e. The van der Waals surface area contributed by atoms with Crippen molar-refractivity contribution in [1.82, 2.24) is 9.55 Å². The van der Waals surface area contributed by atoms with Gasteiger partial charge < -0.3 is 14.0 Å². The molecule has 0 N–H and O–H groups in total. The summed E-state index contributed by atoms with van der Waals surface area (Å²) in [5, 5.41) is 0. The summed E-state index contributed by atoms with van der Waals surface area (Å²) in [6.07, 6.45) is 2.75. The van der Waals surface area contributed by atoms with E-state index in [-0.39, 0.29) is 6.10 Å². The standard InChI is InChI=1S/C31H31F3N2O2S/c1-23-2-4-24(5-3-23)14-15-30(21-36-17-16-35-22-36)37-18-29(38-30)20-39-19-25-6-8-26(9-7-25)27-10-12-28(13-11-27)31(32,33)34/h2-13,16-17,22,29H,14-15,18-21H2,1H3. The fourth-order valence-corrected chi connectivity index (χ4v) is 5.67. The first-order valence-electron chi connectivity index (χ1n) is 13.0. The van der Waals surface area contributed by atoms with Gasteiger partial charge in [0.05, 0.1) is 31.1 Å². The Balaban J connectivity index is 1.14. The molecule has 2 unspecified atom stereocenters. The van der Waals surface area contributed by atoms with Gasteiger partial charge in [-0.2, -0.15) is 24.9 Å². The lowest BCUT2D eigenvalue weighted by Crippen LogP contribution is -2.37. The second kappa shape index (κ2) is 12.0. The van der Waals surface area contributed by atoms with Crippen LogP contribution in [-0.2, 0) is 34.4 Å². The number of aromatic nitrogens is 2. The molecule has 204 valence electrons. The third kappa shape index (κ3) is 7.32. The number of alkyl halides is 3. The van der Waals surface area contributed by atoms with Crippen molar-refractivity contribution in [3.8, 4) is 11.1 Å². The van der Waals surface area contributed by atoms with E-state index in [9.17, 15) is 13.2 Å². The van der Waals surface area contributed by atoms with Crippen LogP contribution in [0, 0.1) is 6.92 Å². The van der Waals surface area contributed by atoms with E-state index in [4.69, 9.17) is 9.47 Å². The molecule has 0 saturated carbocycles. The third-order valence-corrected chi connectivity index (χ3v) is 8.03. The maximum atomic E-state index is 12.8. The van der Waals surface area contributed by atoms with Crippen LogP contribution in [0.25, 0.3) is 11.1 Å². The molecular formula is C31H31F3N2O2S. The number of hydrogen-bond acceptors (Lipinski definition) is 4. The van der Waals surface area contributed by atoms with Crippen molar-refractivity contribution in [2.75, 3.05) is 12.4 Å². The molecule has 2 atom stereocenters. The minimum absolute atomic E-state index is 0.0111. The highest BCUT2D eigenvalue weighted by Gasteiger charge is 2.41. The summed E-state index contributed by atoms with van der Waals surface area (Å²) < 4.78 is 53.4. The second-order valence-corrected chi connectivity index (χ2v) is 11.0. The number of aryl methyl sites for hydroxylation is 2. The van der Waals surface area contributed by atoms with Gasteiger partial charge in [-0.3, -0.25) is 0 Å². The molecule has 1 aliphatic heterocycles. The molecule has 0 bridgehead atoms. The summed E-state index contributed by atoms with van der Waals surface area (Å²) in [6, 6.07) is 21.8. The molecule has 0 aliphatic carbocycles. The highest BCUT2D eigenvalue weighted by atomic mass is 32.2. The fourth-order valence-electron chi connectivity index (χ4n) is 4.69. The monoisotopic (exact) mass is 552 g/mol. The van der Waals surface area contributed by atoms with Gasteiger partial charge in [0.1, 0.15) is 0 Å². The van der Waals surface area contributed by atoms with Crippen LogP contribution in [0.15, 0.2) is 91.5 Å². The van der Waals surface area contributed by atoms with E-state index >= 15 is 0 Å². The third-order valence-electron chi connectivity index (χ3n) is 6.88. The van der Waals surface area contributed by atoms with Gasteiger partial charge in [0.15, 0.2) is 5.79 Å². The first-order valence-corrected chi connectivity index (χ1v) is 14.1. The summed E-state index contributed by atoms with van der Waals surface area (Å²) >= 11 is 1.79. The number of thioether (sulfide) groups is 1. The van der Waals surface area contributed by atoms with Gasteiger partial charge in [-0.1, -0.05) is 66.2 Å². The first kappa shape index (κ1) is 27.5. The molecule has 8 heteroatoms. The number of imidazole rings is 1. The topological polar surface area (TPSA) is 36.3 Å². The summed E-state index contributed by atoms with van der Waals surface area (Å²) in [6.45, 7) is 3.22. The predicted molar refractivity (Wildman–Crippen MR) is 148 cm³/mol. The molecule has 1 saturated heterocycles. The molecule has 39 heavy (non-hydrogen) atoms. The van der Waals surface area contributed by atoms with Crippen molar-refractivity contribution in [2.45, 2.75) is 50.1 Å². The molecule has 2 heterocycles. The second-order valence-electron chi connectivity index (χ2n) is 9.97. The molecule has 5 rings (SSSR count). The van der Waals surface area contributed by atoms with Gasteiger partial charge >= 0.3 is 6.18 Å². The van der Waals surface area contributed by atoms with Gasteiger partial charge in [0, 0.05) is 30.3 Å². The van der Waals surface area contributed by atoms with Gasteiger partial charge in [-0.05, 0) is 47.7 Å². The van der Waals surface area contributed by atoms with E-state index < -0.39 is 17.5 Å². The average Bonchev–Trinajstić information content (AvgIpc) is 3.59. The number of nitrogens with zero attached hydrogens (tertiary/aromatic N) is 2. The van der Waals surface area contributed by atoms with Gasteiger partial charge in [-0.15, -0.1) is 0 Å². The van der Waals surface area contributed by atoms with Crippen molar-refractivity contribution in [1.29, 1.82) is 0 Å². The molecule has 1 aliphatic rings. The molecule has 4 nitrogen and oxygen atoms in total. The Bertz CT molecular complexity index is 1320. The van der Waals surface area contributed by atoms with E-state index in [0.717, 1.165) is 53.2 Å². The molecular weight excluding hydrogens is 521 g/mol. The minimum atomic E-state index is -4.33. The van der Waals surface area contributed by atoms with Crippen LogP contribution < -0.4 is 0 Å². The zero-order valence-corrected chi connectivity index (χ0v) is 22.5. The van der Waals surface area contributed by atoms with E-state index in [2.05, 4.69) is 36.2 Å². The Hall–Kier alpha value is -3.07. The number of benzene rings is 3. The lowest BCUT2D eigenvalue weighted by molar-refractivity contribution is -0.180. The van der Waals surface area contributed by atoms with Crippen LogP contribution in [0.4, 0.5) is 13.2 Å². The molecule has 0 amide bonds. The van der Waals surface area contributed by atoms with Gasteiger partial charge in [-0.25, -0.2) is 4.98 Å². The number of ether oxygens (including phenoxy) is 2. The number of rotatable bonds is 10. The van der Waals surface area contributed by atoms with E-state index in [1.165, 1.54) is 23.3 Å². The molecule has 0 spiro atoms. The van der Waals surface area contributed by atoms with Gasteiger partial charge in [0.25, 0.3) is 0 Å². The van der Waals surface area contributed by atoms with Crippen LogP contribution in [0.3, 0.4) is 0 Å². The maximum Gasteiger partial charge on any atom is 0.416 e. The molecule has 0 radical (unpaired) electrons. The van der Waals surface area contributed by atoms with Crippen molar-refractivity contribution in [3.63, 3.8) is 0 Å². The average molecular weight is 553 g/mol. The van der Waals surface area contributed by atoms with E-state index in [1.807, 2.05) is 35.0 Å². The highest BCUT2D eigenvalue weighted by molar-refractivity contribution is 7.98. The predicted octanol–water partition coefficient (Wildman–Crippen LogP) is 7.56. The minimum Gasteiger partial charge on any atom is -0.345 e. The normalized spacial score (nSPS) is 19.4. The number of halogens is 3. The lowest BCUT2D eigenvalue weighted by Gasteiger charge is -2.28. The molecule has 1 aromatic heterocycles. The van der Waals surface area contributed by atoms with Crippen LogP contribution in [0.2, 0.25) is 0 Å². The molecule has 4 aromatic rings. The Morgan fingerprint density at radius 1 is 0.949 bits per heavy atom. The summed E-state index contributed by atoms with van der Waals surface area (Å²) in [5.41, 5.74) is 4.67. The summed E-state index contributed by atoms with van der Waals surface area (Å²) in [7, 11) is 0. The van der Waals surface area contributed by atoms with Crippen molar-refractivity contribution >= 4 is 11.8 Å². The molecule has 3 aromatic carbocycles. The van der Waals surface area contributed by atoms with Crippen LogP contribution >= 0.6 is 11.8 Å². The van der Waals surface area contributed by atoms with Crippen LogP contribution in [0.5, 0.6) is 0 Å². The fraction of sp³-hybridized carbons (Fsp3) is 0.323. The lowest BCUT2D eigenvalue weighted by atomic mass is 10.0. The Labute approximate surface area is 231 Å². The Morgan fingerprint density at radius 2 is 1.62 bits per heavy atom. The van der Waals surface area contributed by atoms with Crippen LogP contribution in [-0.4, -0.2) is 33.8 Å². The maximum absolute atomic E-state index is 12.8. The Morgan fingerprint density at radius 3 is 2.26 bits per heavy atom. The quantitative estimate of drug-likeness (QED) is 0.204. The zero-order valence-electron chi connectivity index (χ0n) is 21.7. The summed E-state index contributed by atoms with van der Waals surface area (Å²) in [5.74, 6) is 0.919. The van der Waals surface area contributed by atoms with Crippen LogP contribution in [0.1, 0.15) is 28.7 Å². The van der Waals surface area contributed by atoms with E-state index in [0.29, 0.717) is 13.2 Å². The zero-order chi connectivity index (χ0) is 27.3. The van der Waals surface area contributed by atoms with Crippen molar-refractivity contribution in [2.24, 2.45) is 0 Å². The smallest absolute Gasteiger partial charge is 0.345 e. The van der Waals surface area contributed by atoms with Crippen molar-refractivity contribution in [3.05, 3.63) is 114 Å².